The molecule has 3 aromatic carbocycles. The van der Waals surface area contributed by atoms with Gasteiger partial charge in [0.15, 0.2) is 11.5 Å². The van der Waals surface area contributed by atoms with E-state index in [0.29, 0.717) is 16.8 Å². The Morgan fingerprint density at radius 2 is 1.74 bits per heavy atom. The van der Waals surface area contributed by atoms with Crippen molar-refractivity contribution in [3.63, 3.8) is 0 Å². The zero-order chi connectivity index (χ0) is 30.2. The maximum Gasteiger partial charge on any atom is 0.187 e. The van der Waals surface area contributed by atoms with E-state index in [1.165, 1.54) is 12.4 Å². The zero-order valence-corrected chi connectivity index (χ0v) is 27.9. The Morgan fingerprint density at radius 3 is 2.37 bits per heavy atom. The molecule has 0 aliphatic carbocycles. The number of nitrogens with zero attached hydrogens (tertiary/aromatic N) is 4. The summed E-state index contributed by atoms with van der Waals surface area (Å²) in [5.41, 5.74) is 2.42. The monoisotopic (exact) mass is 766 g/mol. The number of ketones is 1. The SMILES string of the molecule is CCC(CC)C(=O)/C=C(\O)C(CC)CC.[C-]#[N+]c1ccc2c(C#N)c3ncnc(-c4[c-]c5ccccc5s4)c3cc2c1.[Ir]. The summed E-state index contributed by atoms with van der Waals surface area (Å²) in [5.74, 6) is 0.547. The van der Waals surface area contributed by atoms with Gasteiger partial charge in [-0.3, -0.25) is 9.78 Å². The summed E-state index contributed by atoms with van der Waals surface area (Å²) in [7, 11) is 0. The number of hydrogen-bond acceptors (Lipinski definition) is 6. The van der Waals surface area contributed by atoms with Crippen LogP contribution in [0.2, 0.25) is 0 Å². The number of nitriles is 1. The predicted molar refractivity (Wildman–Crippen MR) is 172 cm³/mol. The zero-order valence-electron chi connectivity index (χ0n) is 24.6. The predicted octanol–water partition coefficient (Wildman–Crippen LogP) is 9.75. The van der Waals surface area contributed by atoms with Gasteiger partial charge in [-0.25, -0.2) is 21.2 Å². The number of thiophene rings is 1. The van der Waals surface area contributed by atoms with Crippen LogP contribution >= 0.6 is 11.3 Å². The summed E-state index contributed by atoms with van der Waals surface area (Å²) in [5, 5.41) is 23.0. The van der Waals surface area contributed by atoms with Crippen molar-refractivity contribution in [3.8, 4) is 16.6 Å². The van der Waals surface area contributed by atoms with E-state index >= 15 is 0 Å². The molecule has 6 nitrogen and oxygen atoms in total. The average molecular weight is 766 g/mol. The second-order valence-corrected chi connectivity index (χ2v) is 11.1. The molecule has 5 aromatic rings. The number of carbonyl (C=O) groups is 1. The molecule has 5 rings (SSSR count). The molecule has 2 heterocycles. The molecule has 0 atom stereocenters. The molecule has 221 valence electrons. The van der Waals surface area contributed by atoms with Crippen LogP contribution in [0.1, 0.15) is 58.9 Å². The average Bonchev–Trinajstić information content (AvgIpc) is 3.45. The number of benzene rings is 3. The molecule has 0 aliphatic rings. The van der Waals surface area contributed by atoms with E-state index < -0.39 is 0 Å². The second kappa shape index (κ2) is 15.5. The molecule has 0 saturated carbocycles. The molecule has 0 fully saturated rings. The van der Waals surface area contributed by atoms with Crippen LogP contribution < -0.4 is 0 Å². The molecule has 43 heavy (non-hydrogen) atoms. The van der Waals surface area contributed by atoms with Crippen molar-refractivity contribution in [1.29, 1.82) is 5.26 Å². The Bertz CT molecular complexity index is 1820. The third-order valence-electron chi connectivity index (χ3n) is 7.61. The molecule has 0 unspecified atom stereocenters. The number of carbonyl (C=O) groups excluding carboxylic acids is 1. The van der Waals surface area contributed by atoms with E-state index in [1.807, 2.05) is 58.0 Å². The van der Waals surface area contributed by atoms with E-state index in [0.717, 1.165) is 62.5 Å². The van der Waals surface area contributed by atoms with Gasteiger partial charge in [-0.05, 0) is 57.5 Å². The molecule has 0 saturated heterocycles. The summed E-state index contributed by atoms with van der Waals surface area (Å²) < 4.78 is 1.14. The number of aromatic nitrogens is 2. The van der Waals surface area contributed by atoms with E-state index in [4.69, 9.17) is 6.57 Å². The Balaban J connectivity index is 0.000000274. The van der Waals surface area contributed by atoms with Crippen molar-refractivity contribution in [2.75, 3.05) is 0 Å². The van der Waals surface area contributed by atoms with Crippen LogP contribution in [0.4, 0.5) is 5.69 Å². The number of aliphatic hydroxyl groups is 1. The second-order valence-electron chi connectivity index (χ2n) is 10.0. The summed E-state index contributed by atoms with van der Waals surface area (Å²) in [6.45, 7) is 15.3. The largest absolute Gasteiger partial charge is 0.512 e. The molecule has 0 amide bonds. The minimum absolute atomic E-state index is 0. The molecule has 8 heteroatoms. The van der Waals surface area contributed by atoms with Crippen LogP contribution in [0, 0.1) is 35.8 Å². The van der Waals surface area contributed by atoms with Gasteiger partial charge in [0.05, 0.1) is 23.4 Å². The van der Waals surface area contributed by atoms with E-state index in [9.17, 15) is 15.2 Å². The van der Waals surface area contributed by atoms with Gasteiger partial charge in [-0.15, -0.1) is 23.6 Å². The van der Waals surface area contributed by atoms with Crippen LogP contribution in [0.25, 0.3) is 47.2 Å². The van der Waals surface area contributed by atoms with Gasteiger partial charge in [0, 0.05) is 43.7 Å². The van der Waals surface area contributed by atoms with Crippen LogP contribution in [-0.4, -0.2) is 20.9 Å². The molecule has 0 spiro atoms. The Labute approximate surface area is 270 Å². The molecule has 2 aromatic heterocycles. The quantitative estimate of drug-likeness (QED) is 0.0736. The maximum absolute atomic E-state index is 11.7. The first kappa shape index (κ1) is 33.6. The van der Waals surface area contributed by atoms with Crippen molar-refractivity contribution in [1.82, 2.24) is 9.97 Å². The first-order valence-electron chi connectivity index (χ1n) is 14.2. The van der Waals surface area contributed by atoms with Crippen LogP contribution in [-0.2, 0) is 24.9 Å². The summed E-state index contributed by atoms with van der Waals surface area (Å²) in [4.78, 5) is 25.0. The Morgan fingerprint density at radius 1 is 1.05 bits per heavy atom. The normalized spacial score (nSPS) is 11.2. The van der Waals surface area contributed by atoms with Gasteiger partial charge in [0.1, 0.15) is 12.4 Å². The van der Waals surface area contributed by atoms with Crippen LogP contribution in [0.5, 0.6) is 0 Å². The molecule has 0 bridgehead atoms. The molecular formula is C35H33IrN4O2S-. The van der Waals surface area contributed by atoms with Crippen molar-refractivity contribution in [2.24, 2.45) is 11.8 Å². The number of rotatable bonds is 8. The van der Waals surface area contributed by atoms with E-state index in [2.05, 4.69) is 33.0 Å². The van der Waals surface area contributed by atoms with Gasteiger partial charge >= 0.3 is 0 Å². The van der Waals surface area contributed by atoms with Gasteiger partial charge in [-0.1, -0.05) is 58.0 Å². The van der Waals surface area contributed by atoms with Gasteiger partial charge < -0.3 is 5.11 Å². The van der Waals surface area contributed by atoms with Gasteiger partial charge in [0.2, 0.25) is 0 Å². The standard InChI is InChI=1S/C22H9N4S.C13H24O2.Ir/c1-24-15-6-7-16-14(8-15)9-17-21(18(16)11-23)25-12-26-22(17)20-10-13-4-2-3-5-19(13)27-20;1-5-10(6-2)12(14)9-13(15)11(7-3)8-4;/h2-9,12H;9-11,14H,5-8H2,1-4H3;/q-1;;/b;12-9-;. The van der Waals surface area contributed by atoms with Gasteiger partial charge in [0.25, 0.3) is 0 Å². The molecule has 1 radical (unpaired) electrons. The summed E-state index contributed by atoms with van der Waals surface area (Å²) in [6.07, 6.45) is 6.40. The van der Waals surface area contributed by atoms with Crippen molar-refractivity contribution < 1.29 is 30.0 Å². The van der Waals surface area contributed by atoms with E-state index in [1.54, 1.807) is 23.5 Å². The smallest absolute Gasteiger partial charge is 0.187 e. The van der Waals surface area contributed by atoms with Gasteiger partial charge in [-0.2, -0.15) is 5.26 Å². The third-order valence-corrected chi connectivity index (χ3v) is 8.69. The number of aliphatic hydroxyl groups excluding tert-OH is 1. The number of hydrogen-bond donors (Lipinski definition) is 1. The van der Waals surface area contributed by atoms with Crippen molar-refractivity contribution in [3.05, 3.63) is 89.7 Å². The number of allylic oxidation sites excluding steroid dienone is 2. The van der Waals surface area contributed by atoms with Crippen LogP contribution in [0.15, 0.2) is 66.7 Å². The molecular weight excluding hydrogens is 733 g/mol. The Kier molecular flexibility index (Phi) is 12.1. The van der Waals surface area contributed by atoms with E-state index in [-0.39, 0.29) is 43.5 Å². The maximum atomic E-state index is 11.7. The first-order chi connectivity index (χ1) is 20.4. The fourth-order valence-electron chi connectivity index (χ4n) is 5.08. The fraction of sp³-hybridized carbons (Fsp3) is 0.286. The fourth-order valence-corrected chi connectivity index (χ4v) is 6.10. The minimum Gasteiger partial charge on any atom is -0.512 e. The topological polar surface area (TPSA) is 91.2 Å². The first-order valence-corrected chi connectivity index (χ1v) is 15.0. The third kappa shape index (κ3) is 7.35. The van der Waals surface area contributed by atoms with Crippen molar-refractivity contribution in [2.45, 2.75) is 53.4 Å². The summed E-state index contributed by atoms with van der Waals surface area (Å²) in [6, 6.07) is 21.1. The minimum atomic E-state index is 0. The molecule has 1 N–H and O–H groups in total. The molecule has 0 aliphatic heterocycles. The van der Waals surface area contributed by atoms with Crippen molar-refractivity contribution >= 4 is 54.6 Å². The van der Waals surface area contributed by atoms with Crippen LogP contribution in [0.3, 0.4) is 0 Å². The number of fused-ring (bicyclic) bond motifs is 3. The summed E-state index contributed by atoms with van der Waals surface area (Å²) >= 11 is 1.61. The Hall–Kier alpha value is -3.94.